The maximum Gasteiger partial charge on any atom is 0.193 e. The maximum absolute atomic E-state index is 9.97. The SMILES string of the molecule is C[C@H](O)[C@H](/C=C/c1ccccc1)O[Si](C)(C)C(C)(C)C. The molecule has 1 aromatic carbocycles. The van der Waals surface area contributed by atoms with Gasteiger partial charge in [0.15, 0.2) is 8.32 Å². The topological polar surface area (TPSA) is 29.5 Å². The summed E-state index contributed by atoms with van der Waals surface area (Å²) in [6.07, 6.45) is 3.23. The summed E-state index contributed by atoms with van der Waals surface area (Å²) in [7, 11) is -1.88. The first-order valence-electron chi connectivity index (χ1n) is 7.22. The van der Waals surface area contributed by atoms with Crippen molar-refractivity contribution in [2.45, 2.75) is 58.0 Å². The number of hydrogen-bond donors (Lipinski definition) is 1. The second-order valence-corrected chi connectivity index (χ2v) is 11.6. The largest absolute Gasteiger partial charge is 0.408 e. The molecular weight excluding hydrogens is 264 g/mol. The van der Waals surface area contributed by atoms with Crippen molar-refractivity contribution in [2.75, 3.05) is 0 Å². The van der Waals surface area contributed by atoms with E-state index in [-0.39, 0.29) is 11.1 Å². The van der Waals surface area contributed by atoms with E-state index < -0.39 is 14.4 Å². The van der Waals surface area contributed by atoms with Crippen molar-refractivity contribution < 1.29 is 9.53 Å². The minimum absolute atomic E-state index is 0.140. The van der Waals surface area contributed by atoms with Gasteiger partial charge < -0.3 is 9.53 Å². The molecule has 0 aliphatic rings. The van der Waals surface area contributed by atoms with Crippen LogP contribution in [0.25, 0.3) is 6.08 Å². The lowest BCUT2D eigenvalue weighted by atomic mass is 10.1. The van der Waals surface area contributed by atoms with Gasteiger partial charge in [0.05, 0.1) is 12.2 Å². The number of hydrogen-bond acceptors (Lipinski definition) is 2. The van der Waals surface area contributed by atoms with Crippen LogP contribution in [-0.4, -0.2) is 25.6 Å². The molecular formula is C17H28O2Si. The van der Waals surface area contributed by atoms with E-state index in [1.807, 2.05) is 42.5 Å². The van der Waals surface area contributed by atoms with E-state index in [0.717, 1.165) is 5.56 Å². The third-order valence-corrected chi connectivity index (χ3v) is 8.46. The summed E-state index contributed by atoms with van der Waals surface area (Å²) >= 11 is 0. The molecule has 2 nitrogen and oxygen atoms in total. The van der Waals surface area contributed by atoms with Crippen molar-refractivity contribution in [3.05, 3.63) is 42.0 Å². The molecule has 112 valence electrons. The van der Waals surface area contributed by atoms with Crippen LogP contribution in [-0.2, 0) is 4.43 Å². The number of aliphatic hydroxyl groups excluding tert-OH is 1. The highest BCUT2D eigenvalue weighted by molar-refractivity contribution is 6.74. The molecule has 0 fully saturated rings. The molecule has 0 unspecified atom stereocenters. The van der Waals surface area contributed by atoms with E-state index in [2.05, 4.69) is 33.9 Å². The van der Waals surface area contributed by atoms with E-state index in [4.69, 9.17) is 4.43 Å². The minimum atomic E-state index is -1.88. The minimum Gasteiger partial charge on any atom is -0.408 e. The van der Waals surface area contributed by atoms with Gasteiger partial charge in [-0.3, -0.25) is 0 Å². The molecule has 0 aromatic heterocycles. The first-order chi connectivity index (χ1) is 9.13. The molecule has 0 radical (unpaired) electrons. The van der Waals surface area contributed by atoms with Crippen molar-refractivity contribution in [3.63, 3.8) is 0 Å². The number of rotatable bonds is 5. The summed E-state index contributed by atoms with van der Waals surface area (Å²) in [5.74, 6) is 0. The van der Waals surface area contributed by atoms with Crippen molar-refractivity contribution in [2.24, 2.45) is 0 Å². The lowest BCUT2D eigenvalue weighted by Crippen LogP contribution is -2.46. The molecule has 0 amide bonds. The van der Waals surface area contributed by atoms with Gasteiger partial charge in [0.2, 0.25) is 0 Å². The fourth-order valence-electron chi connectivity index (χ4n) is 1.59. The highest BCUT2D eigenvalue weighted by Crippen LogP contribution is 2.37. The first kappa shape index (κ1) is 17.1. The van der Waals surface area contributed by atoms with Crippen LogP contribution in [0.15, 0.2) is 36.4 Å². The molecule has 0 aliphatic carbocycles. The van der Waals surface area contributed by atoms with Crippen LogP contribution < -0.4 is 0 Å². The molecule has 1 N–H and O–H groups in total. The van der Waals surface area contributed by atoms with Crippen LogP contribution >= 0.6 is 0 Å². The van der Waals surface area contributed by atoms with Crippen molar-refractivity contribution >= 4 is 14.4 Å². The Kier molecular flexibility index (Phi) is 5.75. The third-order valence-electron chi connectivity index (χ3n) is 3.99. The molecule has 0 bridgehead atoms. The summed E-state index contributed by atoms with van der Waals surface area (Å²) in [6, 6.07) is 10.1. The zero-order valence-electron chi connectivity index (χ0n) is 13.6. The smallest absolute Gasteiger partial charge is 0.193 e. The lowest BCUT2D eigenvalue weighted by Gasteiger charge is -2.39. The molecule has 2 atom stereocenters. The van der Waals surface area contributed by atoms with E-state index >= 15 is 0 Å². The van der Waals surface area contributed by atoms with E-state index in [1.54, 1.807) is 6.92 Å². The Balaban J connectivity index is 2.84. The molecule has 0 spiro atoms. The fraction of sp³-hybridized carbons (Fsp3) is 0.529. The molecule has 0 saturated carbocycles. The maximum atomic E-state index is 9.97. The Morgan fingerprint density at radius 2 is 1.70 bits per heavy atom. The Morgan fingerprint density at radius 3 is 2.15 bits per heavy atom. The van der Waals surface area contributed by atoms with Crippen LogP contribution in [0.5, 0.6) is 0 Å². The van der Waals surface area contributed by atoms with Crippen LogP contribution in [0.2, 0.25) is 18.1 Å². The van der Waals surface area contributed by atoms with Crippen molar-refractivity contribution in [1.82, 2.24) is 0 Å². The Bertz CT molecular complexity index is 430. The lowest BCUT2D eigenvalue weighted by molar-refractivity contribution is 0.0690. The average molecular weight is 292 g/mol. The predicted molar refractivity (Wildman–Crippen MR) is 89.2 cm³/mol. The van der Waals surface area contributed by atoms with Gasteiger partial charge in [-0.1, -0.05) is 63.3 Å². The van der Waals surface area contributed by atoms with Gasteiger partial charge in [-0.15, -0.1) is 0 Å². The average Bonchev–Trinajstić information content (AvgIpc) is 2.34. The van der Waals surface area contributed by atoms with Gasteiger partial charge >= 0.3 is 0 Å². The second kappa shape index (κ2) is 6.70. The molecule has 0 heterocycles. The van der Waals surface area contributed by atoms with Gasteiger partial charge in [-0.05, 0) is 30.6 Å². The first-order valence-corrected chi connectivity index (χ1v) is 10.1. The normalized spacial score (nSPS) is 16.4. The van der Waals surface area contributed by atoms with Crippen LogP contribution in [0.3, 0.4) is 0 Å². The summed E-state index contributed by atoms with van der Waals surface area (Å²) in [5, 5.41) is 10.1. The Labute approximate surface area is 124 Å². The second-order valence-electron chi connectivity index (χ2n) is 6.85. The molecule has 0 aliphatic heterocycles. The van der Waals surface area contributed by atoms with Gasteiger partial charge in [0.25, 0.3) is 0 Å². The zero-order valence-corrected chi connectivity index (χ0v) is 14.6. The third kappa shape index (κ3) is 4.89. The van der Waals surface area contributed by atoms with Crippen LogP contribution in [0.4, 0.5) is 0 Å². The predicted octanol–water partition coefficient (Wildman–Crippen LogP) is 4.47. The van der Waals surface area contributed by atoms with Crippen molar-refractivity contribution in [1.29, 1.82) is 0 Å². The highest BCUT2D eigenvalue weighted by Gasteiger charge is 2.39. The summed E-state index contributed by atoms with van der Waals surface area (Å²) in [4.78, 5) is 0. The zero-order chi connectivity index (χ0) is 15.4. The molecule has 0 saturated heterocycles. The molecule has 3 heteroatoms. The van der Waals surface area contributed by atoms with Crippen molar-refractivity contribution in [3.8, 4) is 0 Å². The summed E-state index contributed by atoms with van der Waals surface area (Å²) < 4.78 is 6.29. The standard InChI is InChI=1S/C17H28O2Si/c1-14(18)16(19-20(5,6)17(2,3)4)13-12-15-10-8-7-9-11-15/h7-14,16,18H,1-6H3/b13-12+/t14-,16-/m0/s1. The molecule has 1 rings (SSSR count). The summed E-state index contributed by atoms with van der Waals surface area (Å²) in [5.41, 5.74) is 1.12. The fourth-order valence-corrected chi connectivity index (χ4v) is 2.90. The van der Waals surface area contributed by atoms with Crippen LogP contribution in [0, 0.1) is 0 Å². The van der Waals surface area contributed by atoms with E-state index in [0.29, 0.717) is 0 Å². The monoisotopic (exact) mass is 292 g/mol. The summed E-state index contributed by atoms with van der Waals surface area (Å²) in [6.45, 7) is 12.8. The number of aliphatic hydroxyl groups is 1. The molecule has 20 heavy (non-hydrogen) atoms. The quantitative estimate of drug-likeness (QED) is 0.811. The highest BCUT2D eigenvalue weighted by atomic mass is 28.4. The van der Waals surface area contributed by atoms with Crippen LogP contribution in [0.1, 0.15) is 33.3 Å². The van der Waals surface area contributed by atoms with Gasteiger partial charge in [-0.25, -0.2) is 0 Å². The number of benzene rings is 1. The molecule has 1 aromatic rings. The van der Waals surface area contributed by atoms with E-state index in [9.17, 15) is 5.11 Å². The van der Waals surface area contributed by atoms with Gasteiger partial charge in [0.1, 0.15) is 0 Å². The Morgan fingerprint density at radius 1 is 1.15 bits per heavy atom. The van der Waals surface area contributed by atoms with Gasteiger partial charge in [0, 0.05) is 0 Å². The Hall–Kier alpha value is -0.903. The van der Waals surface area contributed by atoms with Gasteiger partial charge in [-0.2, -0.15) is 0 Å². The van der Waals surface area contributed by atoms with E-state index in [1.165, 1.54) is 0 Å².